The molecule has 1 aromatic heterocycles. The molecule has 1 aromatic carbocycles. The topological polar surface area (TPSA) is 24.9 Å². The van der Waals surface area contributed by atoms with Crippen LogP contribution < -0.4 is 5.32 Å². The van der Waals surface area contributed by atoms with Gasteiger partial charge in [-0.1, -0.05) is 17.7 Å². The Labute approximate surface area is 118 Å². The zero-order chi connectivity index (χ0) is 13.4. The van der Waals surface area contributed by atoms with Crippen LogP contribution in [0.4, 0.5) is 5.69 Å². The first-order chi connectivity index (χ1) is 9.13. The van der Waals surface area contributed by atoms with E-state index in [1.54, 1.807) is 0 Å². The molecule has 1 aliphatic rings. The zero-order valence-electron chi connectivity index (χ0n) is 11.2. The van der Waals surface area contributed by atoms with Gasteiger partial charge in [0.2, 0.25) is 0 Å². The highest BCUT2D eigenvalue weighted by Gasteiger charge is 2.22. The number of hydrogen-bond acceptors (Lipinski definition) is 2. The van der Waals surface area contributed by atoms with E-state index in [1.165, 1.54) is 11.1 Å². The molecular formula is C16H17ClN2. The molecule has 19 heavy (non-hydrogen) atoms. The van der Waals surface area contributed by atoms with Crippen molar-refractivity contribution < 1.29 is 0 Å². The second kappa shape index (κ2) is 4.86. The average Bonchev–Trinajstić information content (AvgIpc) is 2.75. The van der Waals surface area contributed by atoms with E-state index < -0.39 is 0 Å². The van der Waals surface area contributed by atoms with E-state index in [4.69, 9.17) is 11.6 Å². The number of halogens is 1. The van der Waals surface area contributed by atoms with Gasteiger partial charge in [0, 0.05) is 10.7 Å². The minimum absolute atomic E-state index is 0.371. The molecule has 0 saturated carbocycles. The van der Waals surface area contributed by atoms with Crippen molar-refractivity contribution in [2.45, 2.75) is 32.7 Å². The maximum Gasteiger partial charge on any atom is 0.0607 e. The maximum atomic E-state index is 6.04. The Bertz CT molecular complexity index is 622. The molecule has 2 nitrogen and oxygen atoms in total. The Morgan fingerprint density at radius 2 is 2.05 bits per heavy atom. The average molecular weight is 273 g/mol. The van der Waals surface area contributed by atoms with Gasteiger partial charge in [0.05, 0.1) is 17.4 Å². The Balaban J connectivity index is 1.86. The summed E-state index contributed by atoms with van der Waals surface area (Å²) in [5.74, 6) is 0. The zero-order valence-corrected chi connectivity index (χ0v) is 12.0. The molecule has 0 spiro atoms. The van der Waals surface area contributed by atoms with Crippen molar-refractivity contribution >= 4 is 17.3 Å². The minimum atomic E-state index is 0.371. The summed E-state index contributed by atoms with van der Waals surface area (Å²) < 4.78 is 0. The summed E-state index contributed by atoms with van der Waals surface area (Å²) in [6.45, 7) is 4.07. The summed E-state index contributed by atoms with van der Waals surface area (Å²) in [5, 5.41) is 4.43. The molecule has 0 aliphatic heterocycles. The fourth-order valence-electron chi connectivity index (χ4n) is 2.76. The second-order valence-corrected chi connectivity index (χ2v) is 5.60. The van der Waals surface area contributed by atoms with Gasteiger partial charge in [0.25, 0.3) is 0 Å². The SMILES string of the molecule is Cc1ccc(NC2CCc3cc(Cl)ccc32)c(C)n1. The van der Waals surface area contributed by atoms with Crippen molar-refractivity contribution in [3.8, 4) is 0 Å². The Hall–Kier alpha value is -1.54. The fourth-order valence-corrected chi connectivity index (χ4v) is 2.96. The number of aromatic nitrogens is 1. The lowest BCUT2D eigenvalue weighted by Crippen LogP contribution is -2.09. The summed E-state index contributed by atoms with van der Waals surface area (Å²) in [5.41, 5.74) is 5.97. The highest BCUT2D eigenvalue weighted by molar-refractivity contribution is 6.30. The first-order valence-corrected chi connectivity index (χ1v) is 7.00. The largest absolute Gasteiger partial charge is 0.377 e. The summed E-state index contributed by atoms with van der Waals surface area (Å²) >= 11 is 6.04. The molecule has 1 atom stereocenters. The summed E-state index contributed by atoms with van der Waals surface area (Å²) in [7, 11) is 0. The van der Waals surface area contributed by atoms with Crippen LogP contribution in [0.5, 0.6) is 0 Å². The standard InChI is InChI=1S/C16H17ClN2/c1-10-3-7-15(11(2)18-10)19-16-8-4-12-9-13(17)5-6-14(12)16/h3,5-7,9,16,19H,4,8H2,1-2H3. The molecule has 3 rings (SSSR count). The molecular weight excluding hydrogens is 256 g/mol. The Morgan fingerprint density at radius 1 is 1.21 bits per heavy atom. The third kappa shape index (κ3) is 2.45. The summed E-state index contributed by atoms with van der Waals surface area (Å²) in [6, 6.07) is 10.7. The van der Waals surface area contributed by atoms with Crippen molar-refractivity contribution in [1.29, 1.82) is 0 Å². The number of rotatable bonds is 2. The van der Waals surface area contributed by atoms with Crippen LogP contribution in [0.1, 0.15) is 35.0 Å². The van der Waals surface area contributed by atoms with Gasteiger partial charge in [0.1, 0.15) is 0 Å². The van der Waals surface area contributed by atoms with Crippen molar-refractivity contribution in [3.63, 3.8) is 0 Å². The van der Waals surface area contributed by atoms with E-state index in [2.05, 4.69) is 28.5 Å². The van der Waals surface area contributed by atoms with Crippen LogP contribution in [0.2, 0.25) is 5.02 Å². The molecule has 1 unspecified atom stereocenters. The van der Waals surface area contributed by atoms with Crippen molar-refractivity contribution in [1.82, 2.24) is 4.98 Å². The monoisotopic (exact) mass is 272 g/mol. The van der Waals surface area contributed by atoms with Crippen molar-refractivity contribution in [2.75, 3.05) is 5.32 Å². The van der Waals surface area contributed by atoms with Crippen LogP contribution in [0.3, 0.4) is 0 Å². The van der Waals surface area contributed by atoms with Gasteiger partial charge in [-0.2, -0.15) is 0 Å². The molecule has 0 radical (unpaired) electrons. The first-order valence-electron chi connectivity index (χ1n) is 6.62. The molecule has 3 heteroatoms. The molecule has 1 heterocycles. The van der Waals surface area contributed by atoms with Crippen molar-refractivity contribution in [2.24, 2.45) is 0 Å². The molecule has 98 valence electrons. The van der Waals surface area contributed by atoms with E-state index in [9.17, 15) is 0 Å². The van der Waals surface area contributed by atoms with Crippen LogP contribution in [-0.2, 0) is 6.42 Å². The van der Waals surface area contributed by atoms with Crippen LogP contribution in [0.25, 0.3) is 0 Å². The molecule has 2 aromatic rings. The molecule has 0 bridgehead atoms. The smallest absolute Gasteiger partial charge is 0.0607 e. The third-order valence-corrected chi connectivity index (χ3v) is 3.97. The van der Waals surface area contributed by atoms with Gasteiger partial charge in [-0.05, 0) is 62.1 Å². The van der Waals surface area contributed by atoms with Gasteiger partial charge in [-0.15, -0.1) is 0 Å². The predicted molar refractivity (Wildman–Crippen MR) is 79.8 cm³/mol. The number of nitrogens with zero attached hydrogens (tertiary/aromatic N) is 1. The van der Waals surface area contributed by atoms with E-state index in [1.807, 2.05) is 26.0 Å². The lowest BCUT2D eigenvalue weighted by atomic mass is 10.1. The Kier molecular flexibility index (Phi) is 3.19. The van der Waals surface area contributed by atoms with Crippen LogP contribution in [0, 0.1) is 13.8 Å². The molecule has 0 amide bonds. The van der Waals surface area contributed by atoms with Gasteiger partial charge in [-0.3, -0.25) is 4.98 Å². The molecule has 0 saturated heterocycles. The van der Waals surface area contributed by atoms with Gasteiger partial charge in [0.15, 0.2) is 0 Å². The highest BCUT2D eigenvalue weighted by atomic mass is 35.5. The number of aryl methyl sites for hydroxylation is 3. The van der Waals surface area contributed by atoms with E-state index in [0.717, 1.165) is 34.9 Å². The van der Waals surface area contributed by atoms with Crippen LogP contribution in [-0.4, -0.2) is 4.98 Å². The molecule has 1 aliphatic carbocycles. The van der Waals surface area contributed by atoms with Crippen LogP contribution >= 0.6 is 11.6 Å². The fraction of sp³-hybridized carbons (Fsp3) is 0.312. The van der Waals surface area contributed by atoms with E-state index in [-0.39, 0.29) is 0 Å². The molecule has 0 fully saturated rings. The lowest BCUT2D eigenvalue weighted by Gasteiger charge is -2.17. The maximum absolute atomic E-state index is 6.04. The summed E-state index contributed by atoms with van der Waals surface area (Å²) in [4.78, 5) is 4.50. The third-order valence-electron chi connectivity index (χ3n) is 3.74. The second-order valence-electron chi connectivity index (χ2n) is 5.16. The normalized spacial score (nSPS) is 17.3. The number of anilines is 1. The number of pyridine rings is 1. The number of hydrogen-bond donors (Lipinski definition) is 1. The number of nitrogens with one attached hydrogen (secondary N) is 1. The van der Waals surface area contributed by atoms with Gasteiger partial charge >= 0.3 is 0 Å². The van der Waals surface area contributed by atoms with Gasteiger partial charge < -0.3 is 5.32 Å². The van der Waals surface area contributed by atoms with E-state index >= 15 is 0 Å². The number of benzene rings is 1. The lowest BCUT2D eigenvalue weighted by molar-refractivity contribution is 0.759. The number of fused-ring (bicyclic) bond motifs is 1. The quantitative estimate of drug-likeness (QED) is 0.874. The predicted octanol–water partition coefficient (Wildman–Crippen LogP) is 4.45. The van der Waals surface area contributed by atoms with E-state index in [0.29, 0.717) is 6.04 Å². The minimum Gasteiger partial charge on any atom is -0.377 e. The highest BCUT2D eigenvalue weighted by Crippen LogP contribution is 2.35. The van der Waals surface area contributed by atoms with Gasteiger partial charge in [-0.25, -0.2) is 0 Å². The van der Waals surface area contributed by atoms with Crippen molar-refractivity contribution in [3.05, 3.63) is 57.9 Å². The summed E-state index contributed by atoms with van der Waals surface area (Å²) in [6.07, 6.45) is 2.20. The Morgan fingerprint density at radius 3 is 2.84 bits per heavy atom. The first kappa shape index (κ1) is 12.5. The molecule has 1 N–H and O–H groups in total. The van der Waals surface area contributed by atoms with Crippen LogP contribution in [0.15, 0.2) is 30.3 Å².